The SMILES string of the molecule is Fc1ccc2c(n1)[n-]c1ccccc12.Fc1ccc2c(n1)[n-]c1ccccc12.[Pt+2].[Pt+2].[c-]1ccccc1-c1ccccn1.[c-]1ccccc1-c1ccccn1. The third-order valence-corrected chi connectivity index (χ3v) is 7.82. The van der Waals surface area contributed by atoms with Crippen LogP contribution >= 0.6 is 0 Å². The summed E-state index contributed by atoms with van der Waals surface area (Å²) in [5.74, 6) is -0.972. The molecule has 6 aromatic heterocycles. The zero-order valence-electron chi connectivity index (χ0n) is 28.2. The first-order valence-corrected chi connectivity index (χ1v) is 16.3. The smallest absolute Gasteiger partial charge is 0.435 e. The van der Waals surface area contributed by atoms with E-state index < -0.39 is 11.9 Å². The van der Waals surface area contributed by atoms with Crippen molar-refractivity contribution < 1.29 is 50.9 Å². The molecule has 0 unspecified atom stereocenters. The molecule has 0 aliphatic heterocycles. The number of nitrogens with zero attached hydrogens (tertiary/aromatic N) is 6. The van der Waals surface area contributed by atoms with Crippen LogP contribution in [0.5, 0.6) is 0 Å². The fraction of sp³-hybridized carbons (Fsp3) is 0. The molecule has 54 heavy (non-hydrogen) atoms. The molecular weight excluding hydrogens is 1040 g/mol. The Kier molecular flexibility index (Phi) is 14.2. The maximum atomic E-state index is 12.8. The summed E-state index contributed by atoms with van der Waals surface area (Å²) < 4.78 is 25.6. The van der Waals surface area contributed by atoms with Gasteiger partial charge in [-0.25, -0.2) is 8.78 Å². The van der Waals surface area contributed by atoms with Crippen molar-refractivity contribution in [2.75, 3.05) is 0 Å². The maximum Gasteiger partial charge on any atom is 2.00 e. The molecule has 0 bridgehead atoms. The first-order valence-electron chi connectivity index (χ1n) is 16.3. The van der Waals surface area contributed by atoms with Crippen LogP contribution in [0.2, 0.25) is 0 Å². The minimum Gasteiger partial charge on any atom is -0.435 e. The summed E-state index contributed by atoms with van der Waals surface area (Å²) >= 11 is 0. The van der Waals surface area contributed by atoms with Crippen LogP contribution in [-0.4, -0.2) is 19.9 Å². The Bertz CT molecular complexity index is 2390. The van der Waals surface area contributed by atoms with Crippen molar-refractivity contribution in [3.63, 3.8) is 0 Å². The van der Waals surface area contributed by atoms with Gasteiger partial charge in [0.25, 0.3) is 0 Å². The average molecular weight is 1070 g/mol. The van der Waals surface area contributed by atoms with E-state index in [0.717, 1.165) is 55.1 Å². The predicted octanol–water partition coefficient (Wildman–Crippen LogP) is 10.1. The Hall–Kier alpha value is -5.68. The van der Waals surface area contributed by atoms with Crippen LogP contribution in [0.4, 0.5) is 8.78 Å². The summed E-state index contributed by atoms with van der Waals surface area (Å²) in [4.78, 5) is 24.4. The number of rotatable bonds is 2. The van der Waals surface area contributed by atoms with Crippen molar-refractivity contribution in [1.82, 2.24) is 29.9 Å². The van der Waals surface area contributed by atoms with Crippen LogP contribution in [0.1, 0.15) is 0 Å². The first kappa shape index (κ1) is 39.5. The van der Waals surface area contributed by atoms with Gasteiger partial charge in [-0.3, -0.25) is 0 Å². The van der Waals surface area contributed by atoms with Gasteiger partial charge in [0.05, 0.1) is 0 Å². The number of benzene rings is 4. The van der Waals surface area contributed by atoms with Gasteiger partial charge >= 0.3 is 42.1 Å². The number of para-hydroxylation sites is 2. The maximum absolute atomic E-state index is 12.8. The normalized spacial score (nSPS) is 10.1. The van der Waals surface area contributed by atoms with Crippen molar-refractivity contribution in [1.29, 1.82) is 0 Å². The molecule has 0 aliphatic carbocycles. The van der Waals surface area contributed by atoms with Crippen LogP contribution in [0.15, 0.2) is 170 Å². The minimum absolute atomic E-state index is 0. The van der Waals surface area contributed by atoms with Gasteiger partial charge in [-0.05, 0) is 79.5 Å². The number of aromatic nitrogens is 6. The van der Waals surface area contributed by atoms with E-state index in [1.807, 2.05) is 133 Å². The largest absolute Gasteiger partial charge is 2.00 e. The summed E-state index contributed by atoms with van der Waals surface area (Å²) in [6.07, 6.45) is 3.58. The Morgan fingerprint density at radius 3 is 1.20 bits per heavy atom. The van der Waals surface area contributed by atoms with E-state index in [0.29, 0.717) is 11.3 Å². The molecule has 268 valence electrons. The molecule has 0 fully saturated rings. The molecule has 0 saturated heterocycles. The van der Waals surface area contributed by atoms with Gasteiger partial charge in [-0.1, -0.05) is 84.9 Å². The topological polar surface area (TPSA) is 79.8 Å². The van der Waals surface area contributed by atoms with Crippen LogP contribution in [-0.2, 0) is 42.1 Å². The van der Waals surface area contributed by atoms with Crippen molar-refractivity contribution in [2.45, 2.75) is 0 Å². The zero-order chi connectivity index (χ0) is 35.5. The monoisotopic (exact) mass is 1070 g/mol. The van der Waals surface area contributed by atoms with Crippen molar-refractivity contribution >= 4 is 43.9 Å². The fourth-order valence-electron chi connectivity index (χ4n) is 5.42. The predicted molar refractivity (Wildman–Crippen MR) is 202 cm³/mol. The third kappa shape index (κ3) is 9.84. The number of pyridine rings is 4. The van der Waals surface area contributed by atoms with Gasteiger partial charge in [-0.15, -0.1) is 71.8 Å². The van der Waals surface area contributed by atoms with E-state index in [1.165, 1.54) is 12.1 Å². The van der Waals surface area contributed by atoms with E-state index in [4.69, 9.17) is 0 Å². The van der Waals surface area contributed by atoms with Crippen LogP contribution in [0, 0.1) is 24.0 Å². The van der Waals surface area contributed by atoms with E-state index >= 15 is 0 Å². The number of fused-ring (bicyclic) bond motifs is 6. The Labute approximate surface area is 339 Å². The molecule has 0 atom stereocenters. The molecule has 10 rings (SSSR count). The van der Waals surface area contributed by atoms with Gasteiger partial charge in [0, 0.05) is 12.4 Å². The summed E-state index contributed by atoms with van der Waals surface area (Å²) in [5.41, 5.74) is 6.70. The van der Waals surface area contributed by atoms with Gasteiger partial charge < -0.3 is 29.9 Å². The van der Waals surface area contributed by atoms with Crippen LogP contribution < -0.4 is 9.97 Å². The molecule has 4 aromatic carbocycles. The molecule has 0 aliphatic rings. The minimum atomic E-state index is -0.486. The molecule has 0 saturated carbocycles. The molecule has 6 heterocycles. The van der Waals surface area contributed by atoms with Crippen LogP contribution in [0.3, 0.4) is 0 Å². The van der Waals surface area contributed by atoms with E-state index in [2.05, 4.69) is 42.0 Å². The van der Waals surface area contributed by atoms with Crippen molar-refractivity contribution in [2.24, 2.45) is 0 Å². The molecule has 10 heteroatoms. The van der Waals surface area contributed by atoms with E-state index in [9.17, 15) is 8.78 Å². The summed E-state index contributed by atoms with van der Waals surface area (Å²) in [7, 11) is 0. The standard InChI is InChI=1S/2C11H6FN2.2C11H8N.2Pt/c2*12-10-6-5-8-7-3-1-2-4-9(7)13-11(8)14-10;2*1-2-6-10(7-3-1)11-8-4-5-9-12-11;;/h2*1-6H;2*1-6,8-9H;;/q4*-1;2*+2. The first-order chi connectivity index (χ1) is 25.6. The Morgan fingerprint density at radius 2 is 0.815 bits per heavy atom. The molecule has 10 aromatic rings. The van der Waals surface area contributed by atoms with E-state index in [-0.39, 0.29) is 42.1 Å². The molecule has 0 spiro atoms. The molecule has 0 radical (unpaired) electrons. The second kappa shape index (κ2) is 19.4. The summed E-state index contributed by atoms with van der Waals surface area (Å²) in [5, 5.41) is 3.86. The molecule has 6 nitrogen and oxygen atoms in total. The van der Waals surface area contributed by atoms with Gasteiger partial charge in [0.15, 0.2) is 0 Å². The van der Waals surface area contributed by atoms with Crippen molar-refractivity contribution in [3.05, 3.63) is 194 Å². The molecular formula is C44H28F2N6Pt2. The van der Waals surface area contributed by atoms with Gasteiger partial charge in [0.2, 0.25) is 0 Å². The fourth-order valence-corrected chi connectivity index (χ4v) is 5.42. The average Bonchev–Trinajstić information content (AvgIpc) is 3.77. The van der Waals surface area contributed by atoms with Crippen molar-refractivity contribution in [3.8, 4) is 22.5 Å². The Morgan fingerprint density at radius 1 is 0.407 bits per heavy atom. The summed E-state index contributed by atoms with van der Waals surface area (Å²) in [6, 6.07) is 55.2. The number of hydrogen-bond donors (Lipinski definition) is 0. The second-order valence-corrected chi connectivity index (χ2v) is 11.3. The molecule has 0 amide bonds. The third-order valence-electron chi connectivity index (χ3n) is 7.82. The quantitative estimate of drug-likeness (QED) is 0.127. The number of hydrogen-bond acceptors (Lipinski definition) is 4. The van der Waals surface area contributed by atoms with Crippen LogP contribution in [0.25, 0.3) is 66.4 Å². The summed E-state index contributed by atoms with van der Waals surface area (Å²) in [6.45, 7) is 0. The van der Waals surface area contributed by atoms with Gasteiger partial charge in [0.1, 0.15) is 11.9 Å². The van der Waals surface area contributed by atoms with Gasteiger partial charge in [-0.2, -0.15) is 0 Å². The second-order valence-electron chi connectivity index (χ2n) is 11.3. The zero-order valence-corrected chi connectivity index (χ0v) is 32.8. The number of halogens is 2. The Balaban J connectivity index is 0.000000137. The molecule has 0 N–H and O–H groups in total. The van der Waals surface area contributed by atoms with E-state index in [1.54, 1.807) is 24.5 Å².